The molecular weight excluding hydrogens is 274 g/mol. The second-order valence-corrected chi connectivity index (χ2v) is 6.42. The van der Waals surface area contributed by atoms with E-state index in [1.807, 2.05) is 20.8 Å². The Morgan fingerprint density at radius 3 is 2.24 bits per heavy atom. The number of likely N-dealkylation sites (tertiary alicyclic amines) is 1. The van der Waals surface area contributed by atoms with E-state index in [0.717, 1.165) is 4.90 Å². The van der Waals surface area contributed by atoms with E-state index in [4.69, 9.17) is 9.47 Å². The minimum Gasteiger partial charge on any atom is -0.464 e. The molecule has 0 aromatic rings. The lowest BCUT2D eigenvalue weighted by Crippen LogP contribution is -2.57. The van der Waals surface area contributed by atoms with Gasteiger partial charge in [0.2, 0.25) is 5.91 Å². The molecule has 0 bridgehead atoms. The number of nitrogens with zero attached hydrogens (tertiary/aromatic N) is 1. The third kappa shape index (κ3) is 3.74. The maximum Gasteiger partial charge on any atom is 0.417 e. The van der Waals surface area contributed by atoms with Crippen molar-refractivity contribution >= 4 is 18.0 Å². The van der Waals surface area contributed by atoms with Gasteiger partial charge in [-0.05, 0) is 32.1 Å². The molecule has 0 N–H and O–H groups in total. The van der Waals surface area contributed by atoms with Crippen LogP contribution in [0.5, 0.6) is 0 Å². The van der Waals surface area contributed by atoms with Gasteiger partial charge >= 0.3 is 12.1 Å². The zero-order valence-electron chi connectivity index (χ0n) is 13.5. The van der Waals surface area contributed by atoms with Crippen molar-refractivity contribution in [2.45, 2.75) is 59.4 Å². The monoisotopic (exact) mass is 299 g/mol. The SMILES string of the molecule is CCOC(=O)N1C(=O)CC[C@]1(CC(C)(C)C)C(=O)OCC. The number of hydrogen-bond acceptors (Lipinski definition) is 5. The zero-order chi connectivity index (χ0) is 16.3. The van der Waals surface area contributed by atoms with Gasteiger partial charge in [-0.15, -0.1) is 0 Å². The molecule has 6 nitrogen and oxygen atoms in total. The summed E-state index contributed by atoms with van der Waals surface area (Å²) in [7, 11) is 0. The average Bonchev–Trinajstić information content (AvgIpc) is 2.66. The molecule has 1 fully saturated rings. The molecular formula is C15H25NO5. The predicted octanol–water partition coefficient (Wildman–Crippen LogP) is 2.50. The Bertz CT molecular complexity index is 426. The van der Waals surface area contributed by atoms with Crippen LogP contribution in [0.2, 0.25) is 0 Å². The molecule has 0 aromatic carbocycles. The normalized spacial score (nSPS) is 22.3. The fraction of sp³-hybridized carbons (Fsp3) is 0.800. The predicted molar refractivity (Wildman–Crippen MR) is 76.5 cm³/mol. The van der Waals surface area contributed by atoms with Crippen LogP contribution in [0.3, 0.4) is 0 Å². The van der Waals surface area contributed by atoms with Crippen molar-refractivity contribution in [1.29, 1.82) is 0 Å². The van der Waals surface area contributed by atoms with E-state index in [9.17, 15) is 14.4 Å². The summed E-state index contributed by atoms with van der Waals surface area (Å²) in [5.41, 5.74) is -1.50. The molecule has 0 radical (unpaired) electrons. The van der Waals surface area contributed by atoms with E-state index in [2.05, 4.69) is 0 Å². The molecule has 0 unspecified atom stereocenters. The maximum atomic E-state index is 12.5. The highest BCUT2D eigenvalue weighted by Crippen LogP contribution is 2.41. The number of amides is 2. The van der Waals surface area contributed by atoms with E-state index >= 15 is 0 Å². The molecule has 0 aliphatic carbocycles. The van der Waals surface area contributed by atoms with Crippen LogP contribution < -0.4 is 0 Å². The van der Waals surface area contributed by atoms with Crippen LogP contribution in [0.4, 0.5) is 4.79 Å². The molecule has 0 spiro atoms. The van der Waals surface area contributed by atoms with Crippen molar-refractivity contribution in [3.8, 4) is 0 Å². The Labute approximate surface area is 125 Å². The largest absolute Gasteiger partial charge is 0.464 e. The molecule has 1 saturated heterocycles. The number of rotatable bonds is 4. The number of esters is 1. The van der Waals surface area contributed by atoms with Crippen LogP contribution in [0.15, 0.2) is 0 Å². The lowest BCUT2D eigenvalue weighted by atomic mass is 9.78. The minimum absolute atomic E-state index is 0.147. The van der Waals surface area contributed by atoms with Crippen LogP contribution in [0, 0.1) is 5.41 Å². The van der Waals surface area contributed by atoms with E-state index in [0.29, 0.717) is 6.42 Å². The molecule has 1 aliphatic rings. The minimum atomic E-state index is -1.25. The standard InChI is InChI=1S/C15H25NO5/c1-6-20-12(18)15(10-14(3,4)5)9-8-11(17)16(15)13(19)21-7-2/h6-10H2,1-5H3/t15-/m0/s1. The van der Waals surface area contributed by atoms with Crippen molar-refractivity contribution in [3.63, 3.8) is 0 Å². The Kier molecular flexibility index (Phi) is 5.36. The first-order valence-corrected chi connectivity index (χ1v) is 7.35. The number of ether oxygens (including phenoxy) is 2. The summed E-state index contributed by atoms with van der Waals surface area (Å²) in [6.07, 6.45) is 0.00926. The summed E-state index contributed by atoms with van der Waals surface area (Å²) in [6.45, 7) is 9.59. The van der Waals surface area contributed by atoms with Gasteiger partial charge in [-0.3, -0.25) is 4.79 Å². The number of imide groups is 1. The average molecular weight is 299 g/mol. The van der Waals surface area contributed by atoms with Crippen molar-refractivity contribution in [2.24, 2.45) is 5.41 Å². The molecule has 0 aromatic heterocycles. The van der Waals surface area contributed by atoms with Crippen LogP contribution >= 0.6 is 0 Å². The van der Waals surface area contributed by atoms with Gasteiger partial charge in [0.25, 0.3) is 0 Å². The first-order valence-electron chi connectivity index (χ1n) is 7.35. The first-order chi connectivity index (χ1) is 9.68. The highest BCUT2D eigenvalue weighted by atomic mass is 16.6. The van der Waals surface area contributed by atoms with Crippen LogP contribution in [-0.4, -0.2) is 41.6 Å². The summed E-state index contributed by atoms with van der Waals surface area (Å²) < 4.78 is 10.1. The quantitative estimate of drug-likeness (QED) is 0.746. The maximum absolute atomic E-state index is 12.5. The van der Waals surface area contributed by atoms with Gasteiger partial charge in [-0.25, -0.2) is 14.5 Å². The lowest BCUT2D eigenvalue weighted by Gasteiger charge is -2.38. The van der Waals surface area contributed by atoms with E-state index in [-0.39, 0.29) is 37.4 Å². The second kappa shape index (κ2) is 6.45. The van der Waals surface area contributed by atoms with Gasteiger partial charge in [-0.2, -0.15) is 0 Å². The smallest absolute Gasteiger partial charge is 0.417 e. The zero-order valence-corrected chi connectivity index (χ0v) is 13.5. The molecule has 1 heterocycles. The molecule has 120 valence electrons. The number of hydrogen-bond donors (Lipinski definition) is 0. The van der Waals surface area contributed by atoms with Crippen molar-refractivity contribution < 1.29 is 23.9 Å². The molecule has 1 aliphatic heterocycles. The first kappa shape index (κ1) is 17.5. The van der Waals surface area contributed by atoms with Gasteiger partial charge in [0, 0.05) is 6.42 Å². The van der Waals surface area contributed by atoms with E-state index < -0.39 is 17.6 Å². The third-order valence-electron chi connectivity index (χ3n) is 3.36. The molecule has 1 atom stereocenters. The van der Waals surface area contributed by atoms with Gasteiger partial charge in [-0.1, -0.05) is 20.8 Å². The Morgan fingerprint density at radius 1 is 1.19 bits per heavy atom. The topological polar surface area (TPSA) is 72.9 Å². The van der Waals surface area contributed by atoms with Crippen LogP contribution in [0.25, 0.3) is 0 Å². The lowest BCUT2D eigenvalue weighted by molar-refractivity contribution is -0.160. The molecule has 1 rings (SSSR count). The number of carbonyl (C=O) groups is 3. The molecule has 21 heavy (non-hydrogen) atoms. The fourth-order valence-electron chi connectivity index (χ4n) is 2.82. The third-order valence-corrected chi connectivity index (χ3v) is 3.36. The fourth-order valence-corrected chi connectivity index (χ4v) is 2.82. The Morgan fingerprint density at radius 2 is 1.76 bits per heavy atom. The summed E-state index contributed by atoms with van der Waals surface area (Å²) in [5.74, 6) is -0.912. The summed E-state index contributed by atoms with van der Waals surface area (Å²) in [5, 5.41) is 0. The highest BCUT2D eigenvalue weighted by molar-refractivity contribution is 6.02. The summed E-state index contributed by atoms with van der Waals surface area (Å²) in [4.78, 5) is 37.7. The van der Waals surface area contributed by atoms with Crippen molar-refractivity contribution in [2.75, 3.05) is 13.2 Å². The van der Waals surface area contributed by atoms with Crippen LogP contribution in [0.1, 0.15) is 53.9 Å². The van der Waals surface area contributed by atoms with Crippen molar-refractivity contribution in [3.05, 3.63) is 0 Å². The Balaban J connectivity index is 3.23. The summed E-state index contributed by atoms with van der Waals surface area (Å²) in [6, 6.07) is 0. The molecule has 6 heteroatoms. The van der Waals surface area contributed by atoms with Gasteiger partial charge < -0.3 is 9.47 Å². The number of carbonyl (C=O) groups excluding carboxylic acids is 3. The van der Waals surface area contributed by atoms with Gasteiger partial charge in [0.1, 0.15) is 0 Å². The Hall–Kier alpha value is -1.59. The summed E-state index contributed by atoms with van der Waals surface area (Å²) >= 11 is 0. The van der Waals surface area contributed by atoms with Gasteiger partial charge in [0.15, 0.2) is 5.54 Å². The van der Waals surface area contributed by atoms with Gasteiger partial charge in [0.05, 0.1) is 13.2 Å². The van der Waals surface area contributed by atoms with Crippen LogP contribution in [-0.2, 0) is 19.1 Å². The highest BCUT2D eigenvalue weighted by Gasteiger charge is 2.57. The van der Waals surface area contributed by atoms with E-state index in [1.54, 1.807) is 13.8 Å². The van der Waals surface area contributed by atoms with Crippen molar-refractivity contribution in [1.82, 2.24) is 4.90 Å². The van der Waals surface area contributed by atoms with E-state index in [1.165, 1.54) is 0 Å². The molecule has 2 amide bonds. The second-order valence-electron chi connectivity index (χ2n) is 6.42. The molecule has 0 saturated carbocycles.